The van der Waals surface area contributed by atoms with Gasteiger partial charge in [0.15, 0.2) is 0 Å². The van der Waals surface area contributed by atoms with Crippen LogP contribution in [0.5, 0.6) is 0 Å². The van der Waals surface area contributed by atoms with Gasteiger partial charge >= 0.3 is 0 Å². The lowest BCUT2D eigenvalue weighted by molar-refractivity contribution is 0.165. The van der Waals surface area contributed by atoms with Gasteiger partial charge in [0.2, 0.25) is 0 Å². The Balaban J connectivity index is 2.01. The Morgan fingerprint density at radius 1 is 1.53 bits per heavy atom. The molecule has 1 atom stereocenters. The van der Waals surface area contributed by atoms with Crippen LogP contribution in [0.1, 0.15) is 22.5 Å². The van der Waals surface area contributed by atoms with Crippen molar-refractivity contribution in [3.05, 3.63) is 15.6 Å². The van der Waals surface area contributed by atoms with Crippen LogP contribution in [-0.2, 0) is 6.54 Å². The zero-order chi connectivity index (χ0) is 10.8. The molecule has 4 heteroatoms. The van der Waals surface area contributed by atoms with Gasteiger partial charge in [0, 0.05) is 30.6 Å². The smallest absolute Gasteiger partial charge is 0.107 e. The molecule has 0 saturated carbocycles. The minimum Gasteiger partial charge on any atom is -0.314 e. The van der Waals surface area contributed by atoms with Gasteiger partial charge in [-0.2, -0.15) is 0 Å². The van der Waals surface area contributed by atoms with Gasteiger partial charge in [-0.15, -0.1) is 11.3 Å². The van der Waals surface area contributed by atoms with Crippen molar-refractivity contribution in [2.75, 3.05) is 19.6 Å². The fraction of sp³-hybridized carbons (Fsp3) is 0.727. The van der Waals surface area contributed by atoms with E-state index in [0.717, 1.165) is 26.2 Å². The number of aryl methyl sites for hydroxylation is 2. The van der Waals surface area contributed by atoms with Gasteiger partial charge < -0.3 is 5.32 Å². The molecule has 1 aromatic rings. The number of hydrogen-bond donors (Lipinski definition) is 1. The average Bonchev–Trinajstić information content (AvgIpc) is 2.50. The number of rotatable bonds is 2. The maximum atomic E-state index is 4.60. The van der Waals surface area contributed by atoms with Crippen LogP contribution in [-0.4, -0.2) is 35.6 Å². The van der Waals surface area contributed by atoms with Crippen molar-refractivity contribution < 1.29 is 0 Å². The SMILES string of the molecule is Cc1nc(CN2CCNC[C@H]2C)sc1C. The molecule has 0 aromatic carbocycles. The lowest BCUT2D eigenvalue weighted by Gasteiger charge is -2.33. The monoisotopic (exact) mass is 225 g/mol. The molecule has 2 rings (SSSR count). The number of hydrogen-bond acceptors (Lipinski definition) is 4. The van der Waals surface area contributed by atoms with E-state index >= 15 is 0 Å². The summed E-state index contributed by atoms with van der Waals surface area (Å²) >= 11 is 1.84. The molecule has 3 nitrogen and oxygen atoms in total. The molecule has 2 heterocycles. The van der Waals surface area contributed by atoms with Crippen LogP contribution in [0.2, 0.25) is 0 Å². The van der Waals surface area contributed by atoms with Crippen molar-refractivity contribution in [1.29, 1.82) is 0 Å². The molecule has 0 spiro atoms. The van der Waals surface area contributed by atoms with E-state index in [4.69, 9.17) is 0 Å². The fourth-order valence-corrected chi connectivity index (χ4v) is 2.86. The Kier molecular flexibility index (Phi) is 3.38. The summed E-state index contributed by atoms with van der Waals surface area (Å²) in [5.41, 5.74) is 1.19. The maximum absolute atomic E-state index is 4.60. The predicted molar refractivity (Wildman–Crippen MR) is 64.3 cm³/mol. The first-order chi connectivity index (χ1) is 7.16. The Labute approximate surface area is 95.5 Å². The quantitative estimate of drug-likeness (QED) is 0.828. The number of piperazine rings is 1. The van der Waals surface area contributed by atoms with Crippen LogP contribution < -0.4 is 5.32 Å². The number of thiazole rings is 1. The number of nitrogens with zero attached hydrogens (tertiary/aromatic N) is 2. The number of aromatic nitrogens is 1. The van der Waals surface area contributed by atoms with Crippen LogP contribution in [0.3, 0.4) is 0 Å². The van der Waals surface area contributed by atoms with Gasteiger partial charge in [0.25, 0.3) is 0 Å². The van der Waals surface area contributed by atoms with Crippen molar-refractivity contribution in [2.24, 2.45) is 0 Å². The first kappa shape index (κ1) is 11.0. The maximum Gasteiger partial charge on any atom is 0.107 e. The minimum atomic E-state index is 0.628. The highest BCUT2D eigenvalue weighted by Gasteiger charge is 2.19. The van der Waals surface area contributed by atoms with Crippen molar-refractivity contribution in [2.45, 2.75) is 33.4 Å². The first-order valence-electron chi connectivity index (χ1n) is 5.54. The summed E-state index contributed by atoms with van der Waals surface area (Å²) < 4.78 is 0. The zero-order valence-electron chi connectivity index (χ0n) is 9.71. The molecule has 1 fully saturated rings. The highest BCUT2D eigenvalue weighted by molar-refractivity contribution is 7.11. The van der Waals surface area contributed by atoms with Crippen LogP contribution in [0.4, 0.5) is 0 Å². The predicted octanol–water partition coefficient (Wildman–Crippen LogP) is 1.55. The third kappa shape index (κ3) is 2.56. The van der Waals surface area contributed by atoms with Crippen molar-refractivity contribution >= 4 is 11.3 Å². The second kappa shape index (κ2) is 4.60. The van der Waals surface area contributed by atoms with Gasteiger partial charge in [0.05, 0.1) is 12.2 Å². The van der Waals surface area contributed by atoms with Gasteiger partial charge in [-0.05, 0) is 20.8 Å². The molecule has 0 aliphatic carbocycles. The van der Waals surface area contributed by atoms with E-state index in [-0.39, 0.29) is 0 Å². The number of nitrogens with one attached hydrogen (secondary N) is 1. The summed E-state index contributed by atoms with van der Waals surface area (Å²) in [5.74, 6) is 0. The Hall–Kier alpha value is -0.450. The summed E-state index contributed by atoms with van der Waals surface area (Å²) in [6.45, 7) is 10.9. The summed E-state index contributed by atoms with van der Waals surface area (Å²) in [4.78, 5) is 8.46. The summed E-state index contributed by atoms with van der Waals surface area (Å²) in [6.07, 6.45) is 0. The molecule has 0 unspecified atom stereocenters. The van der Waals surface area contributed by atoms with E-state index in [1.807, 2.05) is 11.3 Å². The summed E-state index contributed by atoms with van der Waals surface area (Å²) in [6, 6.07) is 0.628. The third-order valence-corrected chi connectivity index (χ3v) is 4.11. The second-order valence-corrected chi connectivity index (χ2v) is 5.56. The van der Waals surface area contributed by atoms with Crippen LogP contribution in [0.25, 0.3) is 0 Å². The Morgan fingerprint density at radius 3 is 2.93 bits per heavy atom. The highest BCUT2D eigenvalue weighted by atomic mass is 32.1. The largest absolute Gasteiger partial charge is 0.314 e. The Morgan fingerprint density at radius 2 is 2.33 bits per heavy atom. The molecule has 15 heavy (non-hydrogen) atoms. The van der Waals surface area contributed by atoms with E-state index in [9.17, 15) is 0 Å². The minimum absolute atomic E-state index is 0.628. The fourth-order valence-electron chi connectivity index (χ4n) is 1.90. The van der Waals surface area contributed by atoms with Crippen LogP contribution in [0, 0.1) is 13.8 Å². The molecule has 1 saturated heterocycles. The van der Waals surface area contributed by atoms with E-state index in [1.165, 1.54) is 15.6 Å². The molecular formula is C11H19N3S. The zero-order valence-corrected chi connectivity index (χ0v) is 10.5. The summed E-state index contributed by atoms with van der Waals surface area (Å²) in [7, 11) is 0. The van der Waals surface area contributed by atoms with Crippen LogP contribution in [0.15, 0.2) is 0 Å². The average molecular weight is 225 g/mol. The first-order valence-corrected chi connectivity index (χ1v) is 6.36. The van der Waals surface area contributed by atoms with Crippen LogP contribution >= 0.6 is 11.3 Å². The third-order valence-electron chi connectivity index (χ3n) is 3.05. The molecule has 1 aliphatic rings. The molecule has 1 aromatic heterocycles. The van der Waals surface area contributed by atoms with Gasteiger partial charge in [0.1, 0.15) is 5.01 Å². The van der Waals surface area contributed by atoms with E-state index in [2.05, 4.69) is 36.0 Å². The van der Waals surface area contributed by atoms with Gasteiger partial charge in [-0.25, -0.2) is 4.98 Å². The van der Waals surface area contributed by atoms with E-state index in [0.29, 0.717) is 6.04 Å². The molecule has 0 radical (unpaired) electrons. The molecule has 0 bridgehead atoms. The van der Waals surface area contributed by atoms with Gasteiger partial charge in [-0.1, -0.05) is 0 Å². The molecule has 0 amide bonds. The van der Waals surface area contributed by atoms with E-state index < -0.39 is 0 Å². The molecular weight excluding hydrogens is 206 g/mol. The Bertz CT molecular complexity index is 315. The van der Waals surface area contributed by atoms with Crippen molar-refractivity contribution in [1.82, 2.24) is 15.2 Å². The summed E-state index contributed by atoms with van der Waals surface area (Å²) in [5, 5.41) is 4.67. The second-order valence-electron chi connectivity index (χ2n) is 4.27. The topological polar surface area (TPSA) is 28.2 Å². The van der Waals surface area contributed by atoms with Crippen molar-refractivity contribution in [3.63, 3.8) is 0 Å². The molecule has 1 aliphatic heterocycles. The van der Waals surface area contributed by atoms with E-state index in [1.54, 1.807) is 0 Å². The highest BCUT2D eigenvalue weighted by Crippen LogP contribution is 2.19. The molecule has 1 N–H and O–H groups in total. The normalized spacial score (nSPS) is 23.3. The van der Waals surface area contributed by atoms with Gasteiger partial charge in [-0.3, -0.25) is 4.90 Å². The lowest BCUT2D eigenvalue weighted by Crippen LogP contribution is -2.49. The van der Waals surface area contributed by atoms with Crippen molar-refractivity contribution in [3.8, 4) is 0 Å². The lowest BCUT2D eigenvalue weighted by atomic mass is 10.2. The molecule has 84 valence electrons. The standard InChI is InChI=1S/C11H19N3S/c1-8-6-12-4-5-14(8)7-11-13-9(2)10(3)15-11/h8,12H,4-7H2,1-3H3/t8-/m1/s1.